The van der Waals surface area contributed by atoms with Crippen LogP contribution in [0.1, 0.15) is 37.7 Å². The Morgan fingerprint density at radius 2 is 1.91 bits per heavy atom. The van der Waals surface area contributed by atoms with E-state index in [1.54, 1.807) is 13.0 Å². The van der Waals surface area contributed by atoms with Crippen LogP contribution in [0, 0.1) is 20.8 Å². The van der Waals surface area contributed by atoms with Gasteiger partial charge in [-0.05, 0) is 44.0 Å². The minimum atomic E-state index is -4.72. The Hall–Kier alpha value is -3.44. The first-order chi connectivity index (χ1) is 16.3. The number of carbonyl (C=O) groups is 1. The van der Waals surface area contributed by atoms with Gasteiger partial charge in [-0.3, -0.25) is 14.4 Å². The van der Waals surface area contributed by atoms with Crippen LogP contribution in [0.4, 0.5) is 18.9 Å². The van der Waals surface area contributed by atoms with Crippen molar-refractivity contribution < 1.29 is 18.0 Å². The fourth-order valence-electron chi connectivity index (χ4n) is 3.65. The molecule has 2 N–H and O–H groups in total. The van der Waals surface area contributed by atoms with Crippen LogP contribution in [-0.4, -0.2) is 20.4 Å². The first-order valence-electron chi connectivity index (χ1n) is 10.2. The lowest BCUT2D eigenvalue weighted by atomic mass is 10.1. The molecule has 182 valence electrons. The first-order valence-corrected chi connectivity index (χ1v) is 11.4. The maximum absolute atomic E-state index is 13.1. The summed E-state index contributed by atoms with van der Waals surface area (Å²) in [5, 5.41) is 2.41. The van der Waals surface area contributed by atoms with Crippen molar-refractivity contribution in [2.75, 3.05) is 5.32 Å². The van der Waals surface area contributed by atoms with Crippen LogP contribution in [0.5, 0.6) is 0 Å². The number of pyridine rings is 1. The second-order valence-corrected chi connectivity index (χ2v) is 9.44. The van der Waals surface area contributed by atoms with Gasteiger partial charge in [0.15, 0.2) is 0 Å². The Balaban J connectivity index is 1.71. The molecular weight excluding hydrogens is 505 g/mol. The fraction of sp³-hybridized carbons (Fsp3) is 0.217. The summed E-state index contributed by atoms with van der Waals surface area (Å²) < 4.78 is 40.1. The van der Waals surface area contributed by atoms with E-state index in [2.05, 4.69) is 15.3 Å². The van der Waals surface area contributed by atoms with Gasteiger partial charge in [0.05, 0.1) is 22.4 Å². The molecule has 0 aliphatic rings. The smallest absolute Gasteiger partial charge is 0.321 e. The summed E-state index contributed by atoms with van der Waals surface area (Å²) in [6, 6.07) is 6.12. The van der Waals surface area contributed by atoms with Crippen molar-refractivity contribution in [3.8, 4) is 0 Å². The number of rotatable bonds is 4. The molecule has 0 aliphatic carbocycles. The highest BCUT2D eigenvalue weighted by molar-refractivity contribution is 7.20. The van der Waals surface area contributed by atoms with Gasteiger partial charge in [0.1, 0.15) is 15.7 Å². The summed E-state index contributed by atoms with van der Waals surface area (Å²) in [6.07, 6.45) is -4.10. The summed E-state index contributed by atoms with van der Waals surface area (Å²) in [6.45, 7) is 4.96. The molecule has 0 spiro atoms. The third-order valence-electron chi connectivity index (χ3n) is 5.38. The molecule has 3 aromatic heterocycles. The number of amides is 1. The summed E-state index contributed by atoms with van der Waals surface area (Å²) in [5.41, 5.74) is 0.424. The first kappa shape index (κ1) is 24.7. The monoisotopic (exact) mass is 522 g/mol. The van der Waals surface area contributed by atoms with Crippen LogP contribution < -0.4 is 16.4 Å². The van der Waals surface area contributed by atoms with Crippen molar-refractivity contribution in [2.45, 2.75) is 33.5 Å². The molecule has 1 aromatic carbocycles. The number of aromatic nitrogens is 3. The Bertz CT molecular complexity index is 1600. The topological polar surface area (TPSA) is 96.8 Å². The number of benzene rings is 1. The average molecular weight is 523 g/mol. The van der Waals surface area contributed by atoms with Crippen molar-refractivity contribution in [1.29, 1.82) is 0 Å². The summed E-state index contributed by atoms with van der Waals surface area (Å²) in [5.74, 6) is -0.470. The number of anilines is 1. The van der Waals surface area contributed by atoms with Crippen molar-refractivity contribution in [3.63, 3.8) is 0 Å². The molecule has 35 heavy (non-hydrogen) atoms. The van der Waals surface area contributed by atoms with Gasteiger partial charge < -0.3 is 14.9 Å². The van der Waals surface area contributed by atoms with Crippen molar-refractivity contribution in [2.24, 2.45) is 0 Å². The van der Waals surface area contributed by atoms with E-state index in [-0.39, 0.29) is 20.9 Å². The molecule has 0 aliphatic heterocycles. The molecule has 0 saturated heterocycles. The van der Waals surface area contributed by atoms with E-state index in [4.69, 9.17) is 11.6 Å². The van der Waals surface area contributed by atoms with Crippen LogP contribution in [0.3, 0.4) is 0 Å². The predicted octanol–water partition coefficient (Wildman–Crippen LogP) is 5.04. The number of nitrogens with zero attached hydrogens (tertiary/aromatic N) is 2. The molecule has 0 unspecified atom stereocenters. The van der Waals surface area contributed by atoms with E-state index >= 15 is 0 Å². The van der Waals surface area contributed by atoms with E-state index in [9.17, 15) is 27.6 Å². The van der Waals surface area contributed by atoms with Crippen molar-refractivity contribution >= 4 is 44.7 Å². The number of hydrogen-bond donors (Lipinski definition) is 2. The zero-order chi connectivity index (χ0) is 25.7. The number of nitrogens with one attached hydrogen (secondary N) is 2. The van der Waals surface area contributed by atoms with Gasteiger partial charge in [0.2, 0.25) is 0 Å². The number of thiophene rings is 1. The fourth-order valence-corrected chi connectivity index (χ4v) is 4.97. The molecule has 1 amide bonds. The van der Waals surface area contributed by atoms with Crippen LogP contribution in [-0.2, 0) is 12.7 Å². The van der Waals surface area contributed by atoms with E-state index in [0.29, 0.717) is 23.5 Å². The number of fused-ring (bicyclic) bond motifs is 1. The summed E-state index contributed by atoms with van der Waals surface area (Å²) in [7, 11) is 0. The quantitative estimate of drug-likeness (QED) is 0.392. The lowest BCUT2D eigenvalue weighted by Crippen LogP contribution is -2.25. The predicted molar refractivity (Wildman–Crippen MR) is 129 cm³/mol. The van der Waals surface area contributed by atoms with E-state index in [0.717, 1.165) is 27.0 Å². The van der Waals surface area contributed by atoms with Gasteiger partial charge in [0.25, 0.3) is 17.0 Å². The van der Waals surface area contributed by atoms with Crippen molar-refractivity contribution in [3.05, 3.63) is 89.1 Å². The zero-order valence-electron chi connectivity index (χ0n) is 18.6. The standard InChI is InChI=1S/C23H18ClF3N4O3S/c1-10-4-5-15(11(2)6-10)28-20(33)18-12(3)17-19(32)29-16(30-21(17)35-18)9-31-8-13(23(25,26)27)7-14(24)22(31)34/h4-8H,9H2,1-3H3,(H,28,33)(H,29,30,32). The van der Waals surface area contributed by atoms with Crippen LogP contribution in [0.15, 0.2) is 40.1 Å². The molecule has 3 heterocycles. The SMILES string of the molecule is Cc1ccc(NC(=O)c2sc3nc(Cn4cc(C(F)(F)F)cc(Cl)c4=O)[nH]c(=O)c3c2C)c(C)c1. The third-order valence-corrected chi connectivity index (χ3v) is 6.83. The number of halogens is 4. The third kappa shape index (κ3) is 4.87. The minimum Gasteiger partial charge on any atom is -0.321 e. The second kappa shape index (κ2) is 8.97. The van der Waals surface area contributed by atoms with Gasteiger partial charge in [0, 0.05) is 11.9 Å². The molecular formula is C23H18ClF3N4O3S. The lowest BCUT2D eigenvalue weighted by molar-refractivity contribution is -0.138. The molecule has 0 atom stereocenters. The largest absolute Gasteiger partial charge is 0.417 e. The number of hydrogen-bond acceptors (Lipinski definition) is 5. The number of aromatic amines is 1. The molecule has 0 saturated carbocycles. The van der Waals surface area contributed by atoms with Crippen LogP contribution >= 0.6 is 22.9 Å². The highest BCUT2D eigenvalue weighted by atomic mass is 35.5. The zero-order valence-corrected chi connectivity index (χ0v) is 20.2. The number of carbonyl (C=O) groups excluding carboxylic acids is 1. The highest BCUT2D eigenvalue weighted by Crippen LogP contribution is 2.30. The number of aryl methyl sites for hydroxylation is 3. The van der Waals surface area contributed by atoms with Crippen molar-refractivity contribution in [1.82, 2.24) is 14.5 Å². The van der Waals surface area contributed by atoms with Gasteiger partial charge in [-0.15, -0.1) is 11.3 Å². The van der Waals surface area contributed by atoms with Crippen LogP contribution in [0.25, 0.3) is 10.2 Å². The molecule has 0 radical (unpaired) electrons. The molecule has 4 aromatic rings. The van der Waals surface area contributed by atoms with Gasteiger partial charge in [-0.25, -0.2) is 4.98 Å². The summed E-state index contributed by atoms with van der Waals surface area (Å²) >= 11 is 6.67. The number of H-pyrrole nitrogens is 1. The molecule has 4 rings (SSSR count). The maximum atomic E-state index is 13.1. The van der Waals surface area contributed by atoms with Crippen LogP contribution in [0.2, 0.25) is 5.02 Å². The molecule has 12 heteroatoms. The van der Waals surface area contributed by atoms with Gasteiger partial charge in [-0.1, -0.05) is 29.3 Å². The Labute approximate surface area is 205 Å². The van der Waals surface area contributed by atoms with E-state index < -0.39 is 40.3 Å². The number of alkyl halides is 3. The maximum Gasteiger partial charge on any atom is 0.417 e. The van der Waals surface area contributed by atoms with Gasteiger partial charge in [-0.2, -0.15) is 13.2 Å². The average Bonchev–Trinajstić information content (AvgIpc) is 3.09. The molecule has 0 fully saturated rings. The Morgan fingerprint density at radius 1 is 1.20 bits per heavy atom. The van der Waals surface area contributed by atoms with E-state index in [1.807, 2.05) is 26.0 Å². The van der Waals surface area contributed by atoms with Gasteiger partial charge >= 0.3 is 6.18 Å². The van der Waals surface area contributed by atoms with E-state index in [1.165, 1.54) is 0 Å². The second-order valence-electron chi connectivity index (χ2n) is 8.03. The highest BCUT2D eigenvalue weighted by Gasteiger charge is 2.32. The molecule has 0 bridgehead atoms. The Morgan fingerprint density at radius 3 is 2.57 bits per heavy atom. The summed E-state index contributed by atoms with van der Waals surface area (Å²) in [4.78, 5) is 45.2. The normalized spacial score (nSPS) is 11.7. The lowest BCUT2D eigenvalue weighted by Gasteiger charge is -2.11. The molecule has 7 nitrogen and oxygen atoms in total. The Kier molecular flexibility index (Phi) is 6.32. The minimum absolute atomic E-state index is 0.0532.